The molecule has 5 heteroatoms. The van der Waals surface area contributed by atoms with Crippen LogP contribution in [0, 0.1) is 0 Å². The number of pyridine rings is 1. The van der Waals surface area contributed by atoms with E-state index in [0.29, 0.717) is 18.2 Å². The number of hydrogen-bond donors (Lipinski definition) is 2. The summed E-state index contributed by atoms with van der Waals surface area (Å²) >= 11 is 0. The second-order valence-electron chi connectivity index (χ2n) is 6.35. The number of likely N-dealkylation sites (tertiary alicyclic amines) is 1. The molecule has 2 N–H and O–H groups in total. The van der Waals surface area contributed by atoms with E-state index >= 15 is 0 Å². The van der Waals surface area contributed by atoms with Gasteiger partial charge in [0.2, 0.25) is 0 Å². The van der Waals surface area contributed by atoms with Crippen LogP contribution < -0.4 is 5.32 Å². The van der Waals surface area contributed by atoms with Crippen molar-refractivity contribution in [2.75, 3.05) is 26.2 Å². The van der Waals surface area contributed by atoms with Gasteiger partial charge in [-0.25, -0.2) is 0 Å². The van der Waals surface area contributed by atoms with Crippen molar-refractivity contribution in [3.8, 4) is 0 Å². The molecule has 1 aromatic heterocycles. The van der Waals surface area contributed by atoms with Crippen molar-refractivity contribution in [3.05, 3.63) is 42.1 Å². The standard InChI is InChI=1S/C19H25N3O2/c23-14-15-6-5-13-22(15)12-4-3-10-21-19(24)17-9-11-20-18-8-2-1-7-16(17)18/h1-2,7-9,11,15,23H,3-6,10,12-14H2,(H,21,24). The Kier molecular flexibility index (Phi) is 5.77. The fourth-order valence-electron chi connectivity index (χ4n) is 3.43. The maximum Gasteiger partial charge on any atom is 0.252 e. The number of benzene rings is 1. The average Bonchev–Trinajstić information content (AvgIpc) is 3.08. The third kappa shape index (κ3) is 3.91. The van der Waals surface area contributed by atoms with E-state index in [1.165, 1.54) is 6.42 Å². The summed E-state index contributed by atoms with van der Waals surface area (Å²) in [5, 5.41) is 13.2. The minimum Gasteiger partial charge on any atom is -0.395 e. The predicted octanol–water partition coefficient (Wildman–Crippen LogP) is 2.20. The first-order valence-electron chi connectivity index (χ1n) is 8.76. The van der Waals surface area contributed by atoms with E-state index in [2.05, 4.69) is 15.2 Å². The summed E-state index contributed by atoms with van der Waals surface area (Å²) in [7, 11) is 0. The van der Waals surface area contributed by atoms with Crippen LogP contribution in [-0.4, -0.2) is 53.2 Å². The molecule has 1 aromatic carbocycles. The number of hydrogen-bond acceptors (Lipinski definition) is 4. The molecule has 1 aliphatic heterocycles. The van der Waals surface area contributed by atoms with Crippen molar-refractivity contribution in [2.24, 2.45) is 0 Å². The number of rotatable bonds is 7. The zero-order chi connectivity index (χ0) is 16.8. The highest BCUT2D eigenvalue weighted by Gasteiger charge is 2.22. The van der Waals surface area contributed by atoms with E-state index in [0.717, 1.165) is 43.3 Å². The summed E-state index contributed by atoms with van der Waals surface area (Å²) < 4.78 is 0. The Morgan fingerprint density at radius 3 is 3.04 bits per heavy atom. The Morgan fingerprint density at radius 1 is 1.29 bits per heavy atom. The van der Waals surface area contributed by atoms with Crippen LogP contribution in [0.3, 0.4) is 0 Å². The number of carbonyl (C=O) groups excluding carboxylic acids is 1. The Hall–Kier alpha value is -1.98. The van der Waals surface area contributed by atoms with Crippen LogP contribution >= 0.6 is 0 Å². The van der Waals surface area contributed by atoms with Crippen molar-refractivity contribution < 1.29 is 9.90 Å². The third-order valence-corrected chi connectivity index (χ3v) is 4.76. The van der Waals surface area contributed by atoms with Gasteiger partial charge in [0.15, 0.2) is 0 Å². The lowest BCUT2D eigenvalue weighted by atomic mass is 10.1. The Morgan fingerprint density at radius 2 is 2.17 bits per heavy atom. The number of carbonyl (C=O) groups is 1. The molecule has 2 aromatic rings. The highest BCUT2D eigenvalue weighted by atomic mass is 16.3. The maximum absolute atomic E-state index is 12.4. The molecule has 0 radical (unpaired) electrons. The number of aliphatic hydroxyl groups excluding tert-OH is 1. The van der Waals surface area contributed by atoms with Gasteiger partial charge >= 0.3 is 0 Å². The number of aromatic nitrogens is 1. The largest absolute Gasteiger partial charge is 0.395 e. The van der Waals surface area contributed by atoms with Crippen molar-refractivity contribution in [3.63, 3.8) is 0 Å². The first-order chi connectivity index (χ1) is 11.8. The summed E-state index contributed by atoms with van der Waals surface area (Å²) in [6.45, 7) is 3.01. The Labute approximate surface area is 142 Å². The molecule has 1 saturated heterocycles. The molecule has 128 valence electrons. The van der Waals surface area contributed by atoms with Gasteiger partial charge in [0.25, 0.3) is 5.91 Å². The van der Waals surface area contributed by atoms with Gasteiger partial charge in [-0.15, -0.1) is 0 Å². The minimum atomic E-state index is -0.0389. The monoisotopic (exact) mass is 327 g/mol. The lowest BCUT2D eigenvalue weighted by Gasteiger charge is -2.22. The quantitative estimate of drug-likeness (QED) is 0.765. The highest BCUT2D eigenvalue weighted by molar-refractivity contribution is 6.05. The molecule has 1 fully saturated rings. The lowest BCUT2D eigenvalue weighted by molar-refractivity contribution is 0.0953. The van der Waals surface area contributed by atoms with Gasteiger partial charge in [0.05, 0.1) is 17.7 Å². The third-order valence-electron chi connectivity index (χ3n) is 4.76. The highest BCUT2D eigenvalue weighted by Crippen LogP contribution is 2.17. The van der Waals surface area contributed by atoms with E-state index in [4.69, 9.17) is 0 Å². The van der Waals surface area contributed by atoms with Gasteiger partial charge in [-0.3, -0.25) is 14.7 Å². The molecule has 24 heavy (non-hydrogen) atoms. The molecule has 0 aliphatic carbocycles. The normalized spacial score (nSPS) is 18.1. The summed E-state index contributed by atoms with van der Waals surface area (Å²) in [6, 6.07) is 9.80. The zero-order valence-corrected chi connectivity index (χ0v) is 13.9. The summed E-state index contributed by atoms with van der Waals surface area (Å²) in [6.07, 6.45) is 5.94. The van der Waals surface area contributed by atoms with Gasteiger partial charge in [0, 0.05) is 24.2 Å². The van der Waals surface area contributed by atoms with Gasteiger partial charge in [-0.2, -0.15) is 0 Å². The van der Waals surface area contributed by atoms with Crippen LogP contribution in [0.4, 0.5) is 0 Å². The van der Waals surface area contributed by atoms with Crippen LogP contribution in [0.15, 0.2) is 36.5 Å². The van der Waals surface area contributed by atoms with Crippen molar-refractivity contribution in [1.82, 2.24) is 15.2 Å². The summed E-state index contributed by atoms with van der Waals surface area (Å²) in [5.74, 6) is -0.0389. The number of aliphatic hydroxyl groups is 1. The molecule has 1 aliphatic rings. The molecular weight excluding hydrogens is 302 g/mol. The van der Waals surface area contributed by atoms with E-state index in [9.17, 15) is 9.90 Å². The molecule has 1 amide bonds. The minimum absolute atomic E-state index is 0.0389. The molecule has 1 atom stereocenters. The van der Waals surface area contributed by atoms with Gasteiger partial charge in [-0.05, 0) is 50.9 Å². The topological polar surface area (TPSA) is 65.5 Å². The lowest BCUT2D eigenvalue weighted by Crippen LogP contribution is -2.33. The molecule has 0 bridgehead atoms. The number of fused-ring (bicyclic) bond motifs is 1. The van der Waals surface area contributed by atoms with E-state index in [1.807, 2.05) is 24.3 Å². The van der Waals surface area contributed by atoms with Crippen LogP contribution in [0.2, 0.25) is 0 Å². The number of amides is 1. The van der Waals surface area contributed by atoms with Crippen LogP contribution in [0.5, 0.6) is 0 Å². The average molecular weight is 327 g/mol. The smallest absolute Gasteiger partial charge is 0.252 e. The molecule has 1 unspecified atom stereocenters. The van der Waals surface area contributed by atoms with E-state index < -0.39 is 0 Å². The molecule has 2 heterocycles. The van der Waals surface area contributed by atoms with Crippen molar-refractivity contribution >= 4 is 16.8 Å². The summed E-state index contributed by atoms with van der Waals surface area (Å²) in [5.41, 5.74) is 1.52. The molecular formula is C19H25N3O2. The molecule has 3 rings (SSSR count). The van der Waals surface area contributed by atoms with Crippen LogP contribution in [-0.2, 0) is 0 Å². The first kappa shape index (κ1) is 16.9. The fourth-order valence-corrected chi connectivity index (χ4v) is 3.43. The predicted molar refractivity (Wildman–Crippen MR) is 95.0 cm³/mol. The SMILES string of the molecule is O=C(NCCCCN1CCCC1CO)c1ccnc2ccccc12. The van der Waals surface area contributed by atoms with E-state index in [1.54, 1.807) is 12.3 Å². The molecule has 0 spiro atoms. The zero-order valence-electron chi connectivity index (χ0n) is 13.9. The van der Waals surface area contributed by atoms with Gasteiger partial charge < -0.3 is 10.4 Å². The number of nitrogens with one attached hydrogen (secondary N) is 1. The molecule has 0 saturated carbocycles. The van der Waals surface area contributed by atoms with Crippen molar-refractivity contribution in [1.29, 1.82) is 0 Å². The molecule has 5 nitrogen and oxygen atoms in total. The number of nitrogens with zero attached hydrogens (tertiary/aromatic N) is 2. The Bertz CT molecular complexity index is 684. The van der Waals surface area contributed by atoms with Gasteiger partial charge in [-0.1, -0.05) is 18.2 Å². The van der Waals surface area contributed by atoms with Crippen molar-refractivity contribution in [2.45, 2.75) is 31.7 Å². The number of para-hydroxylation sites is 1. The summed E-state index contributed by atoms with van der Waals surface area (Å²) in [4.78, 5) is 19.0. The Balaban J connectivity index is 1.46. The van der Waals surface area contributed by atoms with E-state index in [-0.39, 0.29) is 12.5 Å². The van der Waals surface area contributed by atoms with Crippen LogP contribution in [0.25, 0.3) is 10.9 Å². The second-order valence-corrected chi connectivity index (χ2v) is 6.35. The van der Waals surface area contributed by atoms with Gasteiger partial charge in [0.1, 0.15) is 0 Å². The number of unbranched alkanes of at least 4 members (excludes halogenated alkanes) is 1. The maximum atomic E-state index is 12.4. The van der Waals surface area contributed by atoms with Crippen LogP contribution in [0.1, 0.15) is 36.0 Å². The second kappa shape index (κ2) is 8.22. The fraction of sp³-hybridized carbons (Fsp3) is 0.474. The first-order valence-corrected chi connectivity index (χ1v) is 8.76.